The molecule has 0 bridgehead atoms. The molecule has 1 aliphatic heterocycles. The zero-order valence-electron chi connectivity index (χ0n) is 13.4. The number of hydrogen-bond acceptors (Lipinski definition) is 6. The molecule has 0 aromatic carbocycles. The van der Waals surface area contributed by atoms with Crippen molar-refractivity contribution in [1.29, 1.82) is 0 Å². The first-order valence-corrected chi connectivity index (χ1v) is 10.3. The number of rotatable bonds is 6. The predicted octanol–water partition coefficient (Wildman–Crippen LogP) is 1.77. The van der Waals surface area contributed by atoms with E-state index in [1.54, 1.807) is 6.26 Å². The van der Waals surface area contributed by atoms with Crippen molar-refractivity contribution in [2.45, 2.75) is 44.2 Å². The van der Waals surface area contributed by atoms with Crippen LogP contribution in [-0.2, 0) is 16.4 Å². The number of aliphatic hydroxyl groups excluding tert-OH is 1. The molecule has 1 saturated heterocycles. The van der Waals surface area contributed by atoms with E-state index in [2.05, 4.69) is 20.8 Å². The van der Waals surface area contributed by atoms with Gasteiger partial charge in [0, 0.05) is 17.0 Å². The number of sulfone groups is 1. The van der Waals surface area contributed by atoms with Gasteiger partial charge in [-0.25, -0.2) is 8.42 Å². The van der Waals surface area contributed by atoms with Crippen LogP contribution in [0.15, 0.2) is 22.8 Å². The average Bonchev–Trinajstić information content (AvgIpc) is 2.94. The maximum Gasteiger partial charge on any atom is 0.154 e. The summed E-state index contributed by atoms with van der Waals surface area (Å²) in [6, 6.07) is 3.34. The number of nitrogens with zero attached hydrogens (tertiary/aromatic N) is 1. The van der Waals surface area contributed by atoms with Gasteiger partial charge in [-0.1, -0.05) is 20.8 Å². The molecule has 0 aliphatic carbocycles. The zero-order chi connectivity index (χ0) is 16.4. The number of hydrogen-bond donors (Lipinski definition) is 1. The average molecular weight is 348 g/mol. The van der Waals surface area contributed by atoms with Crippen molar-refractivity contribution >= 4 is 21.6 Å². The molecule has 7 heteroatoms. The Morgan fingerprint density at radius 2 is 2.14 bits per heavy atom. The van der Waals surface area contributed by atoms with Gasteiger partial charge >= 0.3 is 0 Å². The van der Waals surface area contributed by atoms with Gasteiger partial charge in [-0.05, 0) is 12.1 Å². The van der Waals surface area contributed by atoms with Gasteiger partial charge in [-0.2, -0.15) is 11.8 Å². The van der Waals surface area contributed by atoms with Crippen LogP contribution in [0.25, 0.3) is 0 Å². The normalized spacial score (nSPS) is 25.0. The molecule has 2 atom stereocenters. The maximum absolute atomic E-state index is 11.8. The fourth-order valence-electron chi connectivity index (χ4n) is 2.59. The van der Waals surface area contributed by atoms with Crippen molar-refractivity contribution < 1.29 is 17.9 Å². The molecule has 0 spiro atoms. The highest BCUT2D eigenvalue weighted by atomic mass is 32.2. The highest BCUT2D eigenvalue weighted by Crippen LogP contribution is 2.25. The first kappa shape index (κ1) is 17.8. The van der Waals surface area contributed by atoms with Crippen LogP contribution >= 0.6 is 11.8 Å². The quantitative estimate of drug-likeness (QED) is 0.846. The molecule has 0 unspecified atom stereocenters. The second-order valence-corrected chi connectivity index (χ2v) is 10.8. The van der Waals surface area contributed by atoms with Crippen LogP contribution in [0.2, 0.25) is 0 Å². The van der Waals surface area contributed by atoms with Crippen LogP contribution in [0.3, 0.4) is 0 Å². The minimum Gasteiger partial charge on any atom is -0.468 e. The number of thioether (sulfide) groups is 1. The van der Waals surface area contributed by atoms with Gasteiger partial charge in [0.25, 0.3) is 0 Å². The Balaban J connectivity index is 2.04. The molecule has 0 amide bonds. The Morgan fingerprint density at radius 3 is 2.64 bits per heavy atom. The summed E-state index contributed by atoms with van der Waals surface area (Å²) in [4.78, 5) is 2.03. The predicted molar refractivity (Wildman–Crippen MR) is 89.8 cm³/mol. The molecule has 1 fully saturated rings. The highest BCUT2D eigenvalue weighted by molar-refractivity contribution is 8.00. The van der Waals surface area contributed by atoms with E-state index in [1.807, 2.05) is 28.8 Å². The van der Waals surface area contributed by atoms with Gasteiger partial charge in [0.05, 0.1) is 36.5 Å². The molecule has 1 aromatic rings. The molecule has 1 aromatic heterocycles. The summed E-state index contributed by atoms with van der Waals surface area (Å²) in [5.74, 6) is 1.55. The van der Waals surface area contributed by atoms with Crippen LogP contribution in [0, 0.1) is 0 Å². The van der Waals surface area contributed by atoms with Gasteiger partial charge < -0.3 is 9.52 Å². The summed E-state index contributed by atoms with van der Waals surface area (Å²) in [6.45, 7) is 7.71. The topological polar surface area (TPSA) is 70.8 Å². The Hall–Kier alpha value is -0.500. The van der Waals surface area contributed by atoms with Crippen LogP contribution in [0.4, 0.5) is 0 Å². The largest absolute Gasteiger partial charge is 0.468 e. The SMILES string of the molecule is CC(C)(C)SCCN(Cc1ccco1)[C@H]1CS(=O)(=O)C[C@@H]1O. The second-order valence-electron chi connectivity index (χ2n) is 6.72. The van der Waals surface area contributed by atoms with Crippen molar-refractivity contribution in [3.8, 4) is 0 Å². The summed E-state index contributed by atoms with van der Waals surface area (Å²) in [7, 11) is -3.15. The lowest BCUT2D eigenvalue weighted by Gasteiger charge is -2.30. The minimum atomic E-state index is -3.15. The third-order valence-corrected chi connectivity index (χ3v) is 6.57. The van der Waals surface area contributed by atoms with Gasteiger partial charge in [0.15, 0.2) is 9.84 Å². The summed E-state index contributed by atoms with van der Waals surface area (Å²) in [5.41, 5.74) is 0. The molecule has 1 N–H and O–H groups in total. The van der Waals surface area contributed by atoms with E-state index in [9.17, 15) is 13.5 Å². The van der Waals surface area contributed by atoms with Crippen LogP contribution in [0.1, 0.15) is 26.5 Å². The molecular formula is C15H25NO4S2. The van der Waals surface area contributed by atoms with Gasteiger partial charge in [-0.3, -0.25) is 4.90 Å². The summed E-state index contributed by atoms with van der Waals surface area (Å²) in [5, 5.41) is 10.1. The third kappa shape index (κ3) is 5.30. The van der Waals surface area contributed by atoms with Gasteiger partial charge in [0.2, 0.25) is 0 Å². The van der Waals surface area contributed by atoms with Crippen molar-refractivity contribution in [3.05, 3.63) is 24.2 Å². The first-order chi connectivity index (χ1) is 10.2. The summed E-state index contributed by atoms with van der Waals surface area (Å²) < 4.78 is 29.1. The standard InChI is InChI=1S/C15H25NO4S2/c1-15(2,3)21-8-6-16(9-12-5-4-7-20-12)13-10-22(18,19)11-14(13)17/h4-5,7,13-14,17H,6,8-11H2,1-3H3/t13-,14-/m0/s1. The minimum absolute atomic E-state index is 0.0229. The summed E-state index contributed by atoms with van der Waals surface area (Å²) in [6.07, 6.45) is 0.791. The smallest absolute Gasteiger partial charge is 0.154 e. The fraction of sp³-hybridized carbons (Fsp3) is 0.733. The molecule has 0 radical (unpaired) electrons. The van der Waals surface area contributed by atoms with E-state index in [0.717, 1.165) is 18.1 Å². The Morgan fingerprint density at radius 1 is 1.41 bits per heavy atom. The number of aliphatic hydroxyl groups is 1. The first-order valence-electron chi connectivity index (χ1n) is 7.45. The van der Waals surface area contributed by atoms with E-state index < -0.39 is 15.9 Å². The van der Waals surface area contributed by atoms with E-state index in [0.29, 0.717) is 6.54 Å². The van der Waals surface area contributed by atoms with E-state index >= 15 is 0 Å². The summed E-state index contributed by atoms with van der Waals surface area (Å²) >= 11 is 1.83. The maximum atomic E-state index is 11.8. The zero-order valence-corrected chi connectivity index (χ0v) is 15.0. The third-order valence-electron chi connectivity index (χ3n) is 3.62. The van der Waals surface area contributed by atoms with Gasteiger partial charge in [-0.15, -0.1) is 0 Å². The molecule has 5 nitrogen and oxygen atoms in total. The lowest BCUT2D eigenvalue weighted by molar-refractivity contribution is 0.0782. The van der Waals surface area contributed by atoms with Crippen LogP contribution in [-0.4, -0.2) is 59.1 Å². The molecule has 0 saturated carbocycles. The Bertz CT molecular complexity index is 563. The van der Waals surface area contributed by atoms with E-state index in [-0.39, 0.29) is 22.3 Å². The van der Waals surface area contributed by atoms with Crippen LogP contribution < -0.4 is 0 Å². The van der Waals surface area contributed by atoms with Crippen molar-refractivity contribution in [1.82, 2.24) is 4.90 Å². The van der Waals surface area contributed by atoms with Crippen molar-refractivity contribution in [2.75, 3.05) is 23.8 Å². The molecule has 126 valence electrons. The monoisotopic (exact) mass is 347 g/mol. The van der Waals surface area contributed by atoms with E-state index in [4.69, 9.17) is 4.42 Å². The van der Waals surface area contributed by atoms with Crippen LogP contribution in [0.5, 0.6) is 0 Å². The Kier molecular flexibility index (Phi) is 5.63. The molecule has 2 rings (SSSR count). The Labute approximate surface area is 137 Å². The van der Waals surface area contributed by atoms with Crippen molar-refractivity contribution in [2.24, 2.45) is 0 Å². The second kappa shape index (κ2) is 6.95. The molecule has 2 heterocycles. The highest BCUT2D eigenvalue weighted by Gasteiger charge is 2.40. The van der Waals surface area contributed by atoms with E-state index in [1.165, 1.54) is 0 Å². The number of furan rings is 1. The van der Waals surface area contributed by atoms with Gasteiger partial charge in [0.1, 0.15) is 5.76 Å². The lowest BCUT2D eigenvalue weighted by atomic mass is 10.1. The molecular weight excluding hydrogens is 322 g/mol. The lowest BCUT2D eigenvalue weighted by Crippen LogP contribution is -2.44. The van der Waals surface area contributed by atoms with Crippen molar-refractivity contribution in [3.63, 3.8) is 0 Å². The molecule has 22 heavy (non-hydrogen) atoms. The molecule has 1 aliphatic rings. The fourth-order valence-corrected chi connectivity index (χ4v) is 5.36.